The second-order valence-corrected chi connectivity index (χ2v) is 6.01. The number of hydrogen-bond donors (Lipinski definition) is 1. The number of rotatable bonds is 2. The first-order valence-electron chi connectivity index (χ1n) is 8.03. The van der Waals surface area contributed by atoms with Crippen molar-refractivity contribution in [3.05, 3.63) is 59.7 Å². The molecule has 0 aliphatic heterocycles. The number of nitrogens with two attached hydrogens (primary N) is 1. The molecule has 4 rings (SSSR count). The van der Waals surface area contributed by atoms with Crippen molar-refractivity contribution in [2.75, 3.05) is 5.73 Å². The number of nitrogens with zero attached hydrogens (tertiary/aromatic N) is 6. The lowest BCUT2D eigenvalue weighted by Gasteiger charge is -2.12. The Bertz CT molecular complexity index is 1180. The van der Waals surface area contributed by atoms with Crippen LogP contribution >= 0.6 is 0 Å². The van der Waals surface area contributed by atoms with Crippen LogP contribution in [0.25, 0.3) is 28.0 Å². The quantitative estimate of drug-likeness (QED) is 0.601. The number of nitrogen functional groups attached to an aromatic ring is 1. The molecule has 3 heterocycles. The van der Waals surface area contributed by atoms with E-state index in [4.69, 9.17) is 5.73 Å². The van der Waals surface area contributed by atoms with Gasteiger partial charge in [0.05, 0.1) is 11.2 Å². The third-order valence-corrected chi connectivity index (χ3v) is 4.12. The van der Waals surface area contributed by atoms with Gasteiger partial charge in [-0.2, -0.15) is 10.4 Å². The number of aromatic nitrogens is 5. The number of aryl methyl sites for hydroxylation is 2. The van der Waals surface area contributed by atoms with Gasteiger partial charge in [0.25, 0.3) is 0 Å². The summed E-state index contributed by atoms with van der Waals surface area (Å²) in [5.41, 5.74) is 10.2. The van der Waals surface area contributed by atoms with E-state index >= 15 is 0 Å². The molecule has 0 saturated carbocycles. The van der Waals surface area contributed by atoms with Gasteiger partial charge in [-0.05, 0) is 43.7 Å². The van der Waals surface area contributed by atoms with E-state index in [0.717, 1.165) is 27.7 Å². The Balaban J connectivity index is 2.03. The van der Waals surface area contributed by atoms with Crippen LogP contribution in [0.2, 0.25) is 0 Å². The zero-order valence-electron chi connectivity index (χ0n) is 14.3. The molecule has 0 spiro atoms. The van der Waals surface area contributed by atoms with Crippen molar-refractivity contribution in [2.45, 2.75) is 13.8 Å². The van der Waals surface area contributed by atoms with E-state index in [-0.39, 0.29) is 11.5 Å². The fourth-order valence-electron chi connectivity index (χ4n) is 2.92. The third kappa shape index (κ3) is 2.54. The van der Waals surface area contributed by atoms with Gasteiger partial charge in [0.2, 0.25) is 0 Å². The number of nitriles is 1. The van der Waals surface area contributed by atoms with Gasteiger partial charge in [0, 0.05) is 23.3 Å². The first-order valence-corrected chi connectivity index (χ1v) is 8.03. The molecule has 26 heavy (non-hydrogen) atoms. The zero-order chi connectivity index (χ0) is 18.3. The van der Waals surface area contributed by atoms with Crippen molar-refractivity contribution in [3.8, 4) is 23.1 Å². The maximum Gasteiger partial charge on any atom is 0.183 e. The summed E-state index contributed by atoms with van der Waals surface area (Å²) in [7, 11) is 0. The summed E-state index contributed by atoms with van der Waals surface area (Å²) in [6, 6.07) is 11.7. The topological polar surface area (TPSA) is 106 Å². The highest BCUT2D eigenvalue weighted by atomic mass is 15.3. The molecule has 0 fully saturated rings. The van der Waals surface area contributed by atoms with Crippen molar-refractivity contribution < 1.29 is 0 Å². The molecule has 3 aromatic heterocycles. The van der Waals surface area contributed by atoms with E-state index < -0.39 is 0 Å². The molecule has 1 aromatic carbocycles. The summed E-state index contributed by atoms with van der Waals surface area (Å²) >= 11 is 0. The molecule has 126 valence electrons. The van der Waals surface area contributed by atoms with E-state index in [9.17, 15) is 5.26 Å². The molecule has 7 nitrogen and oxygen atoms in total. The number of benzene rings is 1. The van der Waals surface area contributed by atoms with E-state index in [1.807, 2.05) is 50.2 Å². The van der Waals surface area contributed by atoms with E-state index in [1.165, 1.54) is 0 Å². The highest BCUT2D eigenvalue weighted by Crippen LogP contribution is 2.29. The Morgan fingerprint density at radius 3 is 2.73 bits per heavy atom. The summed E-state index contributed by atoms with van der Waals surface area (Å²) < 4.78 is 1.62. The van der Waals surface area contributed by atoms with E-state index in [2.05, 4.69) is 20.1 Å². The van der Waals surface area contributed by atoms with Gasteiger partial charge in [-0.25, -0.2) is 14.6 Å². The molecular weight excluding hydrogens is 326 g/mol. The van der Waals surface area contributed by atoms with E-state index in [0.29, 0.717) is 11.5 Å². The number of anilines is 1. The normalized spacial score (nSPS) is 10.8. The van der Waals surface area contributed by atoms with Crippen LogP contribution in [-0.2, 0) is 0 Å². The summed E-state index contributed by atoms with van der Waals surface area (Å²) in [5, 5.41) is 14.7. The van der Waals surface area contributed by atoms with Crippen LogP contribution in [0.4, 0.5) is 5.82 Å². The first-order chi connectivity index (χ1) is 12.6. The molecule has 0 bridgehead atoms. The molecule has 0 aliphatic rings. The minimum atomic E-state index is 0.0820. The van der Waals surface area contributed by atoms with Gasteiger partial charge in [-0.15, -0.1) is 0 Å². The summed E-state index contributed by atoms with van der Waals surface area (Å²) in [6.45, 7) is 3.88. The van der Waals surface area contributed by atoms with Crippen LogP contribution < -0.4 is 5.73 Å². The smallest absolute Gasteiger partial charge is 0.183 e. The van der Waals surface area contributed by atoms with Crippen LogP contribution in [-0.4, -0.2) is 24.7 Å². The fourth-order valence-corrected chi connectivity index (χ4v) is 2.92. The Kier molecular flexibility index (Phi) is 3.59. The molecule has 2 N–H and O–H groups in total. The van der Waals surface area contributed by atoms with Gasteiger partial charge in [-0.1, -0.05) is 6.07 Å². The monoisotopic (exact) mass is 341 g/mol. The second-order valence-electron chi connectivity index (χ2n) is 6.01. The summed E-state index contributed by atoms with van der Waals surface area (Å²) in [6.07, 6.45) is 3.56. The lowest BCUT2D eigenvalue weighted by molar-refractivity contribution is 0.828. The van der Waals surface area contributed by atoms with Gasteiger partial charge < -0.3 is 5.73 Å². The average Bonchev–Trinajstić information content (AvgIpc) is 3.07. The van der Waals surface area contributed by atoms with E-state index in [1.54, 1.807) is 17.1 Å². The van der Waals surface area contributed by atoms with Crippen LogP contribution in [0.3, 0.4) is 0 Å². The second kappa shape index (κ2) is 5.93. The molecule has 0 radical (unpaired) electrons. The van der Waals surface area contributed by atoms with Crippen LogP contribution in [0, 0.1) is 25.2 Å². The third-order valence-electron chi connectivity index (χ3n) is 4.12. The Morgan fingerprint density at radius 2 is 2.00 bits per heavy atom. The highest BCUT2D eigenvalue weighted by molar-refractivity contribution is 5.87. The SMILES string of the molecule is Cc1ccn(-c2nc(N)c(C#N)nc2-c2cc(C)c3ncccc3c2)n1. The predicted molar refractivity (Wildman–Crippen MR) is 98.5 cm³/mol. The molecule has 0 amide bonds. The predicted octanol–water partition coefficient (Wildman–Crippen LogP) is 2.95. The van der Waals surface area contributed by atoms with Crippen molar-refractivity contribution in [3.63, 3.8) is 0 Å². The highest BCUT2D eigenvalue weighted by Gasteiger charge is 2.17. The standard InChI is InChI=1S/C19H15N7/c1-11-8-14(9-13-4-3-6-22-16(11)13)17-19(26-7-5-12(2)25-26)24-18(21)15(10-20)23-17/h3-9H,1-2H3,(H2,21,24). The molecule has 4 aromatic rings. The zero-order valence-corrected chi connectivity index (χ0v) is 14.3. The summed E-state index contributed by atoms with van der Waals surface area (Å²) in [4.78, 5) is 13.3. The summed E-state index contributed by atoms with van der Waals surface area (Å²) in [5.74, 6) is 0.566. The molecule has 7 heteroatoms. The Hall–Kier alpha value is -3.79. The molecule has 0 unspecified atom stereocenters. The van der Waals surface area contributed by atoms with Crippen molar-refractivity contribution >= 4 is 16.7 Å². The van der Waals surface area contributed by atoms with Crippen molar-refractivity contribution in [2.24, 2.45) is 0 Å². The molecule has 0 aliphatic carbocycles. The van der Waals surface area contributed by atoms with Crippen molar-refractivity contribution in [1.29, 1.82) is 5.26 Å². The fraction of sp³-hybridized carbons (Fsp3) is 0.105. The molecule has 0 atom stereocenters. The maximum atomic E-state index is 9.32. The van der Waals surface area contributed by atoms with Gasteiger partial charge in [-0.3, -0.25) is 4.98 Å². The van der Waals surface area contributed by atoms with Gasteiger partial charge >= 0.3 is 0 Å². The lowest BCUT2D eigenvalue weighted by Crippen LogP contribution is -2.09. The molecular formula is C19H15N7. The number of pyridine rings is 1. The van der Waals surface area contributed by atoms with Crippen LogP contribution in [0.15, 0.2) is 42.7 Å². The van der Waals surface area contributed by atoms with Gasteiger partial charge in [0.15, 0.2) is 17.3 Å². The lowest BCUT2D eigenvalue weighted by atomic mass is 10.0. The first kappa shape index (κ1) is 15.7. The number of fused-ring (bicyclic) bond motifs is 1. The van der Waals surface area contributed by atoms with Crippen LogP contribution in [0.5, 0.6) is 0 Å². The number of hydrogen-bond acceptors (Lipinski definition) is 6. The largest absolute Gasteiger partial charge is 0.381 e. The van der Waals surface area contributed by atoms with Gasteiger partial charge in [0.1, 0.15) is 11.8 Å². The average molecular weight is 341 g/mol. The van der Waals surface area contributed by atoms with Crippen LogP contribution in [0.1, 0.15) is 17.0 Å². The van der Waals surface area contributed by atoms with Crippen molar-refractivity contribution in [1.82, 2.24) is 24.7 Å². The minimum absolute atomic E-state index is 0.0820. The Morgan fingerprint density at radius 1 is 1.15 bits per heavy atom. The Labute approximate surface area is 149 Å². The minimum Gasteiger partial charge on any atom is -0.381 e. The molecule has 0 saturated heterocycles. The maximum absolute atomic E-state index is 9.32.